The minimum Gasteiger partial charge on any atom is -0.491 e. The number of halogens is 2. The highest BCUT2D eigenvalue weighted by Crippen LogP contribution is 2.32. The summed E-state index contributed by atoms with van der Waals surface area (Å²) in [5, 5.41) is 0. The molecule has 1 rings (SSSR count). The topological polar surface area (TPSA) is 35.2 Å². The molecule has 66 valence electrons. The van der Waals surface area contributed by atoms with E-state index in [0.717, 1.165) is 0 Å². The van der Waals surface area contributed by atoms with Gasteiger partial charge in [-0.3, -0.25) is 0 Å². The van der Waals surface area contributed by atoms with E-state index in [-0.39, 0.29) is 5.82 Å². The molecule has 0 heterocycles. The standard InChI is InChI=1S/C8H9BrFNO/c1-2-12-8-6(9)3-5(10)4-7(8)11/h3-4H,2,11H2,1H3. The molecule has 0 fully saturated rings. The average Bonchev–Trinajstić information content (AvgIpc) is 1.96. The number of ether oxygens (including phenoxy) is 1. The number of nitrogen functional groups attached to an aromatic ring is 1. The SMILES string of the molecule is CCOc1c(N)cc(F)cc1Br. The molecule has 0 aliphatic heterocycles. The maximum Gasteiger partial charge on any atom is 0.156 e. The highest BCUT2D eigenvalue weighted by Gasteiger charge is 2.06. The first-order chi connectivity index (χ1) is 5.65. The highest BCUT2D eigenvalue weighted by atomic mass is 79.9. The molecule has 2 N–H and O–H groups in total. The normalized spacial score (nSPS) is 9.92. The van der Waals surface area contributed by atoms with E-state index < -0.39 is 0 Å². The lowest BCUT2D eigenvalue weighted by molar-refractivity contribution is 0.339. The van der Waals surface area contributed by atoms with Gasteiger partial charge in [-0.2, -0.15) is 0 Å². The predicted octanol–water partition coefficient (Wildman–Crippen LogP) is 2.57. The summed E-state index contributed by atoms with van der Waals surface area (Å²) in [6.07, 6.45) is 0. The van der Waals surface area contributed by atoms with Gasteiger partial charge < -0.3 is 10.5 Å². The number of hydrogen-bond acceptors (Lipinski definition) is 2. The zero-order chi connectivity index (χ0) is 9.14. The third-order valence-corrected chi connectivity index (χ3v) is 1.91. The van der Waals surface area contributed by atoms with E-state index in [1.54, 1.807) is 0 Å². The fraction of sp³-hybridized carbons (Fsp3) is 0.250. The van der Waals surface area contributed by atoms with Gasteiger partial charge in [-0.25, -0.2) is 4.39 Å². The van der Waals surface area contributed by atoms with Crippen molar-refractivity contribution in [2.75, 3.05) is 12.3 Å². The summed E-state index contributed by atoms with van der Waals surface area (Å²) in [4.78, 5) is 0. The molecule has 0 spiro atoms. The summed E-state index contributed by atoms with van der Waals surface area (Å²) in [5.74, 6) is 0.127. The first-order valence-electron chi connectivity index (χ1n) is 3.52. The molecule has 12 heavy (non-hydrogen) atoms. The van der Waals surface area contributed by atoms with Crippen molar-refractivity contribution in [1.82, 2.24) is 0 Å². The Hall–Kier alpha value is -0.770. The fourth-order valence-electron chi connectivity index (χ4n) is 0.877. The van der Waals surface area contributed by atoms with Crippen LogP contribution < -0.4 is 10.5 Å². The smallest absolute Gasteiger partial charge is 0.156 e. The summed E-state index contributed by atoms with van der Waals surface area (Å²) in [7, 11) is 0. The number of hydrogen-bond donors (Lipinski definition) is 1. The molecule has 0 unspecified atom stereocenters. The van der Waals surface area contributed by atoms with E-state index in [2.05, 4.69) is 15.9 Å². The lowest BCUT2D eigenvalue weighted by Crippen LogP contribution is -1.98. The number of benzene rings is 1. The van der Waals surface area contributed by atoms with Crippen LogP contribution in [0.15, 0.2) is 16.6 Å². The fourth-order valence-corrected chi connectivity index (χ4v) is 1.44. The van der Waals surface area contributed by atoms with E-state index in [0.29, 0.717) is 22.5 Å². The lowest BCUT2D eigenvalue weighted by atomic mass is 10.3. The molecule has 0 aliphatic rings. The summed E-state index contributed by atoms with van der Waals surface area (Å²) in [5.41, 5.74) is 5.82. The first kappa shape index (κ1) is 9.32. The van der Waals surface area contributed by atoms with Crippen LogP contribution in [0.3, 0.4) is 0 Å². The largest absolute Gasteiger partial charge is 0.491 e. The highest BCUT2D eigenvalue weighted by molar-refractivity contribution is 9.10. The molecule has 0 aliphatic carbocycles. The monoisotopic (exact) mass is 233 g/mol. The van der Waals surface area contributed by atoms with E-state index >= 15 is 0 Å². The Morgan fingerprint density at radius 3 is 2.75 bits per heavy atom. The van der Waals surface area contributed by atoms with Gasteiger partial charge in [0, 0.05) is 6.07 Å². The molecular weight excluding hydrogens is 225 g/mol. The molecule has 0 saturated heterocycles. The number of rotatable bonds is 2. The third kappa shape index (κ3) is 1.88. The first-order valence-corrected chi connectivity index (χ1v) is 4.31. The molecule has 4 heteroatoms. The van der Waals surface area contributed by atoms with Crippen molar-refractivity contribution < 1.29 is 9.13 Å². The van der Waals surface area contributed by atoms with Crippen molar-refractivity contribution in [1.29, 1.82) is 0 Å². The molecular formula is C8H9BrFNO. The molecule has 2 nitrogen and oxygen atoms in total. The van der Waals surface area contributed by atoms with Gasteiger partial charge in [0.15, 0.2) is 5.75 Å². The Morgan fingerprint density at radius 2 is 2.25 bits per heavy atom. The van der Waals surface area contributed by atoms with E-state index in [9.17, 15) is 4.39 Å². The van der Waals surface area contributed by atoms with Crippen LogP contribution in [0.25, 0.3) is 0 Å². The Kier molecular flexibility index (Phi) is 2.92. The summed E-state index contributed by atoms with van der Waals surface area (Å²) < 4.78 is 18.4. The maximum absolute atomic E-state index is 12.7. The number of anilines is 1. The molecule has 1 aromatic carbocycles. The summed E-state index contributed by atoms with van der Waals surface area (Å²) in [6.45, 7) is 2.35. The second-order valence-corrected chi connectivity index (χ2v) is 3.09. The van der Waals surface area contributed by atoms with Crippen LogP contribution in [0.5, 0.6) is 5.75 Å². The predicted molar refractivity (Wildman–Crippen MR) is 49.7 cm³/mol. The molecule has 0 aromatic heterocycles. The Bertz CT molecular complexity index is 267. The van der Waals surface area contributed by atoms with Crippen molar-refractivity contribution in [2.45, 2.75) is 6.92 Å². The van der Waals surface area contributed by atoms with Crippen molar-refractivity contribution in [3.05, 3.63) is 22.4 Å². The second-order valence-electron chi connectivity index (χ2n) is 2.24. The van der Waals surface area contributed by atoms with Gasteiger partial charge in [-0.1, -0.05) is 0 Å². The van der Waals surface area contributed by atoms with Crippen molar-refractivity contribution in [3.8, 4) is 5.75 Å². The van der Waals surface area contributed by atoms with E-state index in [1.807, 2.05) is 6.92 Å². The summed E-state index contributed by atoms with van der Waals surface area (Å²) in [6, 6.07) is 2.55. The minimum absolute atomic E-state index is 0.309. The molecule has 0 radical (unpaired) electrons. The van der Waals surface area contributed by atoms with Crippen LogP contribution in [0.4, 0.5) is 10.1 Å². The van der Waals surface area contributed by atoms with Gasteiger partial charge in [0.2, 0.25) is 0 Å². The second kappa shape index (κ2) is 3.76. The van der Waals surface area contributed by atoms with Crippen LogP contribution in [0.1, 0.15) is 6.92 Å². The third-order valence-electron chi connectivity index (χ3n) is 1.33. The molecule has 0 amide bonds. The molecule has 0 bridgehead atoms. The van der Waals surface area contributed by atoms with Gasteiger partial charge in [0.25, 0.3) is 0 Å². The van der Waals surface area contributed by atoms with Crippen LogP contribution >= 0.6 is 15.9 Å². The molecule has 0 atom stereocenters. The van der Waals surface area contributed by atoms with Crippen LogP contribution in [0.2, 0.25) is 0 Å². The van der Waals surface area contributed by atoms with Crippen LogP contribution in [-0.2, 0) is 0 Å². The van der Waals surface area contributed by atoms with Gasteiger partial charge in [-0.05, 0) is 28.9 Å². The Balaban J connectivity index is 3.10. The summed E-state index contributed by atoms with van der Waals surface area (Å²) >= 11 is 3.15. The maximum atomic E-state index is 12.7. The van der Waals surface area contributed by atoms with Crippen LogP contribution in [0, 0.1) is 5.82 Å². The quantitative estimate of drug-likeness (QED) is 0.798. The Morgan fingerprint density at radius 1 is 1.58 bits per heavy atom. The number of nitrogens with two attached hydrogens (primary N) is 1. The Labute approximate surface area is 78.6 Å². The molecule has 1 aromatic rings. The van der Waals surface area contributed by atoms with Crippen molar-refractivity contribution in [2.24, 2.45) is 0 Å². The van der Waals surface area contributed by atoms with Crippen molar-refractivity contribution in [3.63, 3.8) is 0 Å². The van der Waals surface area contributed by atoms with Crippen LogP contribution in [-0.4, -0.2) is 6.61 Å². The van der Waals surface area contributed by atoms with E-state index in [4.69, 9.17) is 10.5 Å². The van der Waals surface area contributed by atoms with E-state index in [1.165, 1.54) is 12.1 Å². The average molecular weight is 234 g/mol. The van der Waals surface area contributed by atoms with Gasteiger partial charge in [0.1, 0.15) is 5.82 Å². The lowest BCUT2D eigenvalue weighted by Gasteiger charge is -2.08. The minimum atomic E-state index is -0.372. The zero-order valence-corrected chi connectivity index (χ0v) is 8.19. The van der Waals surface area contributed by atoms with Gasteiger partial charge in [-0.15, -0.1) is 0 Å². The van der Waals surface area contributed by atoms with Gasteiger partial charge in [0.05, 0.1) is 16.8 Å². The zero-order valence-electron chi connectivity index (χ0n) is 6.60. The van der Waals surface area contributed by atoms with Crippen molar-refractivity contribution >= 4 is 21.6 Å². The molecule has 0 saturated carbocycles. The van der Waals surface area contributed by atoms with Gasteiger partial charge >= 0.3 is 0 Å².